The second kappa shape index (κ2) is 8.49. The van der Waals surface area contributed by atoms with Gasteiger partial charge in [0.2, 0.25) is 0 Å². The summed E-state index contributed by atoms with van der Waals surface area (Å²) in [5, 5.41) is 0.922. The number of carbonyl (C=O) groups is 1. The molecule has 4 rings (SSSR count). The fourth-order valence-electron chi connectivity index (χ4n) is 3.67. The van der Waals surface area contributed by atoms with Crippen molar-refractivity contribution in [3.63, 3.8) is 0 Å². The molecule has 0 radical (unpaired) electrons. The molecule has 1 aromatic heterocycles. The van der Waals surface area contributed by atoms with Crippen LogP contribution < -0.4 is 19.8 Å². The van der Waals surface area contributed by atoms with Crippen molar-refractivity contribution in [2.24, 2.45) is 0 Å². The Morgan fingerprint density at radius 2 is 1.80 bits per heavy atom. The van der Waals surface area contributed by atoms with Crippen LogP contribution in [0.3, 0.4) is 0 Å². The smallest absolute Gasteiger partial charge is 0.344 e. The van der Waals surface area contributed by atoms with E-state index in [4.69, 9.17) is 23.4 Å². The monoisotopic (exact) mass is 410 g/mol. The minimum Gasteiger partial charge on any atom is -0.493 e. The maximum Gasteiger partial charge on any atom is 0.344 e. The predicted octanol–water partition coefficient (Wildman–Crippen LogP) is 3.42. The van der Waals surface area contributed by atoms with E-state index in [0.29, 0.717) is 22.8 Å². The molecule has 0 aliphatic heterocycles. The molecule has 2 aromatic carbocycles. The van der Waals surface area contributed by atoms with Crippen molar-refractivity contribution >= 4 is 16.9 Å². The number of carbonyl (C=O) groups excluding carboxylic acids is 1. The van der Waals surface area contributed by atoms with Gasteiger partial charge >= 0.3 is 11.6 Å². The molecule has 0 bridgehead atoms. The van der Waals surface area contributed by atoms with Gasteiger partial charge in [0.15, 0.2) is 18.1 Å². The van der Waals surface area contributed by atoms with Crippen molar-refractivity contribution in [2.75, 3.05) is 20.8 Å². The summed E-state index contributed by atoms with van der Waals surface area (Å²) in [6.07, 6.45) is 2.60. The van der Waals surface area contributed by atoms with Crippen LogP contribution in [-0.4, -0.2) is 26.8 Å². The Hall–Kier alpha value is -3.48. The van der Waals surface area contributed by atoms with E-state index in [1.54, 1.807) is 44.6 Å². The van der Waals surface area contributed by atoms with Gasteiger partial charge in [-0.15, -0.1) is 0 Å². The summed E-state index contributed by atoms with van der Waals surface area (Å²) in [6.45, 7) is -0.171. The Bertz CT molecular complexity index is 1150. The van der Waals surface area contributed by atoms with Gasteiger partial charge in [-0.05, 0) is 54.7 Å². The lowest BCUT2D eigenvalue weighted by Gasteiger charge is -2.11. The first-order valence-electron chi connectivity index (χ1n) is 9.67. The molecule has 0 fully saturated rings. The standard InChI is InChI=1S/C23H22O7/c1-26-19-9-6-14(10-21(19)27-2)12-29-22(24)13-28-15-7-8-17-16-4-3-5-18(16)23(25)30-20(17)11-15/h6-11H,3-5,12-13H2,1-2H3. The fourth-order valence-corrected chi connectivity index (χ4v) is 3.67. The molecule has 1 aliphatic rings. The Labute approximate surface area is 173 Å². The Kier molecular flexibility index (Phi) is 5.61. The summed E-state index contributed by atoms with van der Waals surface area (Å²) < 4.78 is 26.6. The average molecular weight is 410 g/mol. The van der Waals surface area contributed by atoms with Crippen molar-refractivity contribution in [3.05, 3.63) is 63.5 Å². The summed E-state index contributed by atoms with van der Waals surface area (Å²) in [7, 11) is 3.10. The highest BCUT2D eigenvalue weighted by Crippen LogP contribution is 2.30. The topological polar surface area (TPSA) is 84.2 Å². The summed E-state index contributed by atoms with van der Waals surface area (Å²) in [4.78, 5) is 24.2. The third kappa shape index (κ3) is 3.96. The van der Waals surface area contributed by atoms with Gasteiger partial charge in [0.05, 0.1) is 14.2 Å². The van der Waals surface area contributed by atoms with Gasteiger partial charge in [0, 0.05) is 17.0 Å². The molecule has 0 amide bonds. The average Bonchev–Trinajstić information content (AvgIpc) is 3.26. The second-order valence-corrected chi connectivity index (χ2v) is 7.00. The third-order valence-electron chi connectivity index (χ3n) is 5.15. The number of benzene rings is 2. The molecule has 30 heavy (non-hydrogen) atoms. The number of methoxy groups -OCH3 is 2. The first-order chi connectivity index (χ1) is 14.6. The number of hydrogen-bond donors (Lipinski definition) is 0. The largest absolute Gasteiger partial charge is 0.493 e. The van der Waals surface area contributed by atoms with Crippen LogP contribution in [0.25, 0.3) is 11.0 Å². The number of hydrogen-bond acceptors (Lipinski definition) is 7. The molecular weight excluding hydrogens is 388 g/mol. The quantitative estimate of drug-likeness (QED) is 0.436. The number of fused-ring (bicyclic) bond motifs is 3. The molecule has 0 saturated carbocycles. The van der Waals surface area contributed by atoms with E-state index in [1.807, 2.05) is 6.07 Å². The molecule has 7 heteroatoms. The minimum atomic E-state index is -0.514. The van der Waals surface area contributed by atoms with Crippen LogP contribution in [0.5, 0.6) is 17.2 Å². The number of esters is 1. The van der Waals surface area contributed by atoms with E-state index in [2.05, 4.69) is 0 Å². The lowest BCUT2D eigenvalue weighted by Crippen LogP contribution is -2.15. The van der Waals surface area contributed by atoms with Crippen LogP contribution in [0, 0.1) is 0 Å². The van der Waals surface area contributed by atoms with Gasteiger partial charge in [-0.25, -0.2) is 9.59 Å². The summed E-state index contributed by atoms with van der Waals surface area (Å²) in [6, 6.07) is 10.6. The third-order valence-corrected chi connectivity index (χ3v) is 5.15. The zero-order valence-electron chi connectivity index (χ0n) is 16.9. The van der Waals surface area contributed by atoms with E-state index in [0.717, 1.165) is 41.3 Å². The van der Waals surface area contributed by atoms with Crippen LogP contribution in [0.4, 0.5) is 0 Å². The van der Waals surface area contributed by atoms with Crippen molar-refractivity contribution in [2.45, 2.75) is 25.9 Å². The minimum absolute atomic E-state index is 0.0846. The zero-order valence-corrected chi connectivity index (χ0v) is 16.9. The highest BCUT2D eigenvalue weighted by atomic mass is 16.6. The molecule has 7 nitrogen and oxygen atoms in total. The maximum absolute atomic E-state index is 12.1. The van der Waals surface area contributed by atoms with E-state index in [1.165, 1.54) is 0 Å². The van der Waals surface area contributed by atoms with E-state index >= 15 is 0 Å². The van der Waals surface area contributed by atoms with E-state index in [-0.39, 0.29) is 18.8 Å². The van der Waals surface area contributed by atoms with Crippen LogP contribution in [0.15, 0.2) is 45.6 Å². The molecule has 0 spiro atoms. The van der Waals surface area contributed by atoms with Gasteiger partial charge in [-0.2, -0.15) is 0 Å². The van der Waals surface area contributed by atoms with Gasteiger partial charge in [-0.1, -0.05) is 6.07 Å². The van der Waals surface area contributed by atoms with Crippen molar-refractivity contribution in [3.8, 4) is 17.2 Å². The molecule has 0 saturated heterocycles. The highest BCUT2D eigenvalue weighted by Gasteiger charge is 2.19. The second-order valence-electron chi connectivity index (χ2n) is 7.00. The van der Waals surface area contributed by atoms with Crippen molar-refractivity contribution in [1.29, 1.82) is 0 Å². The van der Waals surface area contributed by atoms with Crippen LogP contribution in [0.2, 0.25) is 0 Å². The number of rotatable bonds is 7. The highest BCUT2D eigenvalue weighted by molar-refractivity contribution is 5.83. The molecule has 1 heterocycles. The van der Waals surface area contributed by atoms with Crippen molar-refractivity contribution < 1.29 is 28.2 Å². The molecule has 0 atom stereocenters. The Morgan fingerprint density at radius 1 is 1.00 bits per heavy atom. The SMILES string of the molecule is COc1ccc(COC(=O)COc2ccc3c4c(c(=O)oc3c2)CCC4)cc1OC. The summed E-state index contributed by atoms with van der Waals surface area (Å²) >= 11 is 0. The van der Waals surface area contributed by atoms with Gasteiger partial charge in [-0.3, -0.25) is 0 Å². The fraction of sp³-hybridized carbons (Fsp3) is 0.304. The normalized spacial score (nSPS) is 12.5. The Morgan fingerprint density at radius 3 is 2.60 bits per heavy atom. The molecule has 3 aromatic rings. The Balaban J connectivity index is 1.38. The lowest BCUT2D eigenvalue weighted by atomic mass is 10.1. The molecule has 1 aliphatic carbocycles. The van der Waals surface area contributed by atoms with Gasteiger partial charge in [0.25, 0.3) is 0 Å². The number of aryl methyl sites for hydroxylation is 1. The zero-order chi connectivity index (χ0) is 21.1. The molecule has 156 valence electrons. The first-order valence-corrected chi connectivity index (χ1v) is 9.67. The predicted molar refractivity (Wildman–Crippen MR) is 109 cm³/mol. The van der Waals surface area contributed by atoms with Crippen molar-refractivity contribution in [1.82, 2.24) is 0 Å². The maximum atomic E-state index is 12.1. The summed E-state index contributed by atoms with van der Waals surface area (Å²) in [5.41, 5.74) is 2.78. The molecule has 0 N–H and O–H groups in total. The van der Waals surface area contributed by atoms with E-state index < -0.39 is 5.97 Å². The van der Waals surface area contributed by atoms with Crippen LogP contribution in [-0.2, 0) is 29.0 Å². The molecule has 0 unspecified atom stereocenters. The first kappa shape index (κ1) is 19.8. The van der Waals surface area contributed by atoms with Crippen LogP contribution in [0.1, 0.15) is 23.1 Å². The lowest BCUT2D eigenvalue weighted by molar-refractivity contribution is -0.147. The van der Waals surface area contributed by atoms with Crippen LogP contribution >= 0.6 is 0 Å². The van der Waals surface area contributed by atoms with Gasteiger partial charge < -0.3 is 23.4 Å². The molecular formula is C23H22O7. The summed E-state index contributed by atoms with van der Waals surface area (Å²) in [5.74, 6) is 1.09. The van der Waals surface area contributed by atoms with E-state index in [9.17, 15) is 9.59 Å². The number of ether oxygens (including phenoxy) is 4. The van der Waals surface area contributed by atoms with Gasteiger partial charge in [0.1, 0.15) is 17.9 Å².